The van der Waals surface area contributed by atoms with Crippen LogP contribution >= 0.6 is 0 Å². The van der Waals surface area contributed by atoms with Gasteiger partial charge in [-0.2, -0.15) is 0 Å². The zero-order valence-corrected chi connectivity index (χ0v) is 11.3. The summed E-state index contributed by atoms with van der Waals surface area (Å²) in [5.41, 5.74) is 6.02. The summed E-state index contributed by atoms with van der Waals surface area (Å²) in [5, 5.41) is 0. The first-order chi connectivity index (χ1) is 6.88. The molecule has 0 spiro atoms. The van der Waals surface area contributed by atoms with Crippen molar-refractivity contribution in [1.82, 2.24) is 0 Å². The Balaban J connectivity index is 2.36. The third-order valence-corrected chi connectivity index (χ3v) is 5.09. The summed E-state index contributed by atoms with van der Waals surface area (Å²) in [6.07, 6.45) is 0. The molecule has 1 heteroatoms. The van der Waals surface area contributed by atoms with Crippen LogP contribution in [0.5, 0.6) is 0 Å². The Morgan fingerprint density at radius 1 is 0.714 bits per heavy atom. The first kappa shape index (κ1) is 9.31. The van der Waals surface area contributed by atoms with Crippen molar-refractivity contribution in [1.29, 1.82) is 0 Å². The second kappa shape index (κ2) is 3.58. The van der Waals surface area contributed by atoms with Crippen molar-refractivity contribution in [3.63, 3.8) is 0 Å². The van der Waals surface area contributed by atoms with Crippen molar-refractivity contribution in [2.45, 2.75) is 0.0125 Å². The molecule has 0 fully saturated rings. The Bertz CT molecular complexity index is 443. The van der Waals surface area contributed by atoms with Crippen LogP contribution in [0.3, 0.4) is 0 Å². The van der Waals surface area contributed by atoms with E-state index in [9.17, 15) is 0 Å². The van der Waals surface area contributed by atoms with E-state index in [4.69, 9.17) is 0 Å². The van der Waals surface area contributed by atoms with Crippen molar-refractivity contribution >= 4 is 49.0 Å². The van der Waals surface area contributed by atoms with E-state index in [1.54, 1.807) is 11.1 Å². The second-order valence-electron chi connectivity index (χ2n) is 3.90. The number of rotatable bonds is 0. The Labute approximate surface area is 118 Å². The quantitative estimate of drug-likeness (QED) is 0.579. The molecular formula is C13H9K. The third kappa shape index (κ3) is 1.28. The fraction of sp³-hybridized carbons (Fsp3) is 0.0769. The van der Waals surface area contributed by atoms with Gasteiger partial charge in [0.05, 0.1) is 0 Å². The molecule has 0 N–H and O–H groups in total. The summed E-state index contributed by atoms with van der Waals surface area (Å²) in [6.45, 7) is 0. The zero-order valence-electron chi connectivity index (χ0n) is 8.20. The standard InChI is InChI=1S/C13H9.K/c1-3-7-12-10(5-1)9-11-6-2-4-8-13(11)12;/h1-9H;. The number of benzene rings is 2. The van der Waals surface area contributed by atoms with Crippen LogP contribution < -0.4 is 0 Å². The van der Waals surface area contributed by atoms with Crippen molar-refractivity contribution in [3.05, 3.63) is 59.7 Å². The molecule has 0 amide bonds. The Morgan fingerprint density at radius 2 is 1.14 bits per heavy atom. The molecule has 0 heterocycles. The first-order valence-electron chi connectivity index (χ1n) is 5.06. The van der Waals surface area contributed by atoms with E-state index in [1.807, 2.05) is 0 Å². The molecule has 3 rings (SSSR count). The van der Waals surface area contributed by atoms with Gasteiger partial charge < -0.3 is 0 Å². The Kier molecular flexibility index (Phi) is 2.38. The molecule has 0 aliphatic heterocycles. The minimum atomic E-state index is 0.745. The molecule has 0 saturated carbocycles. The molecule has 1 aliphatic carbocycles. The minimum absolute atomic E-state index is 0.745. The van der Waals surface area contributed by atoms with Gasteiger partial charge >= 0.3 is 120 Å². The van der Waals surface area contributed by atoms with Gasteiger partial charge in [-0.3, -0.25) is 0 Å². The van der Waals surface area contributed by atoms with Crippen molar-refractivity contribution in [2.24, 2.45) is 0 Å². The molecule has 0 atom stereocenters. The van der Waals surface area contributed by atoms with E-state index in [-0.39, 0.29) is 0 Å². The predicted molar refractivity (Wildman–Crippen MR) is 59.5 cm³/mol. The summed E-state index contributed by atoms with van der Waals surface area (Å²) >= 11 is 0.829. The molecular weight excluding hydrogens is 195 g/mol. The van der Waals surface area contributed by atoms with E-state index < -0.39 is 0 Å². The summed E-state index contributed by atoms with van der Waals surface area (Å²) < 4.78 is 0.745. The van der Waals surface area contributed by atoms with E-state index in [0.717, 1.165) is 49.0 Å². The molecule has 1 aliphatic rings. The molecule has 0 nitrogen and oxygen atoms in total. The average molecular weight is 204 g/mol. The van der Waals surface area contributed by atoms with Gasteiger partial charge in [0.2, 0.25) is 0 Å². The van der Waals surface area contributed by atoms with Gasteiger partial charge in [-0.1, -0.05) is 0 Å². The van der Waals surface area contributed by atoms with Gasteiger partial charge in [0.15, 0.2) is 0 Å². The van der Waals surface area contributed by atoms with E-state index in [0.29, 0.717) is 0 Å². The summed E-state index contributed by atoms with van der Waals surface area (Å²) in [7, 11) is 0. The van der Waals surface area contributed by atoms with Crippen LogP contribution in [0.25, 0.3) is 11.1 Å². The maximum atomic E-state index is 2.28. The number of hydrogen-bond donors (Lipinski definition) is 0. The van der Waals surface area contributed by atoms with Crippen molar-refractivity contribution in [3.8, 4) is 11.1 Å². The van der Waals surface area contributed by atoms with Gasteiger partial charge in [0.25, 0.3) is 0 Å². The van der Waals surface area contributed by atoms with Crippen LogP contribution in [0.15, 0.2) is 48.5 Å². The second-order valence-corrected chi connectivity index (χ2v) is 5.70. The van der Waals surface area contributed by atoms with Gasteiger partial charge in [-0.05, 0) is 0 Å². The normalized spacial score (nSPS) is 13.9. The summed E-state index contributed by atoms with van der Waals surface area (Å²) in [4.78, 5) is 0. The van der Waals surface area contributed by atoms with E-state index in [2.05, 4.69) is 48.5 Å². The van der Waals surface area contributed by atoms with Crippen LogP contribution in [-0.2, 0) is 0 Å². The summed E-state index contributed by atoms with van der Waals surface area (Å²) in [6, 6.07) is 17.7. The van der Waals surface area contributed by atoms with Crippen LogP contribution in [0.2, 0.25) is 0 Å². The summed E-state index contributed by atoms with van der Waals surface area (Å²) in [5.74, 6) is 0. The molecule has 0 unspecified atom stereocenters. The molecule has 2 aromatic carbocycles. The van der Waals surface area contributed by atoms with Gasteiger partial charge in [-0.25, -0.2) is 0 Å². The van der Waals surface area contributed by atoms with Crippen LogP contribution in [-0.4, -0.2) is 49.0 Å². The molecule has 14 heavy (non-hydrogen) atoms. The topological polar surface area (TPSA) is 0 Å². The molecule has 0 bridgehead atoms. The van der Waals surface area contributed by atoms with Crippen LogP contribution in [0.1, 0.15) is 11.1 Å². The zero-order chi connectivity index (χ0) is 9.54. The average Bonchev–Trinajstić information content (AvgIpc) is 2.55. The predicted octanol–water partition coefficient (Wildman–Crippen LogP) is 2.92. The SMILES string of the molecule is [K][CH]1c2ccccc2-c2ccccc21. The van der Waals surface area contributed by atoms with Crippen LogP contribution in [0, 0.1) is 0 Å². The van der Waals surface area contributed by atoms with E-state index in [1.165, 1.54) is 11.1 Å². The number of fused-ring (bicyclic) bond motifs is 3. The third-order valence-electron chi connectivity index (χ3n) is 3.14. The monoisotopic (exact) mass is 204 g/mol. The molecule has 62 valence electrons. The molecule has 0 saturated heterocycles. The molecule has 0 radical (unpaired) electrons. The van der Waals surface area contributed by atoms with E-state index >= 15 is 0 Å². The van der Waals surface area contributed by atoms with Crippen molar-refractivity contribution < 1.29 is 0 Å². The Hall–Kier alpha value is 0.0764. The van der Waals surface area contributed by atoms with Crippen molar-refractivity contribution in [2.75, 3.05) is 0 Å². The molecule has 0 aromatic heterocycles. The fourth-order valence-corrected chi connectivity index (χ4v) is 3.98. The van der Waals surface area contributed by atoms with Gasteiger partial charge in [0.1, 0.15) is 0 Å². The van der Waals surface area contributed by atoms with Crippen LogP contribution in [0.4, 0.5) is 0 Å². The molecule has 2 aromatic rings. The van der Waals surface area contributed by atoms with Gasteiger partial charge in [0, 0.05) is 0 Å². The first-order valence-corrected chi connectivity index (χ1v) is 6.86. The fourth-order valence-electron chi connectivity index (χ4n) is 2.41. The maximum absolute atomic E-state index is 2.28. The Morgan fingerprint density at radius 3 is 1.64 bits per heavy atom. The number of hydrogen-bond acceptors (Lipinski definition) is 0. The van der Waals surface area contributed by atoms with Gasteiger partial charge in [-0.15, -0.1) is 0 Å².